The van der Waals surface area contributed by atoms with Gasteiger partial charge in [0.1, 0.15) is 0 Å². The number of hydrogen-bond acceptors (Lipinski definition) is 7. The molecule has 7 heteroatoms. The number of anilines is 3. The second-order valence-electron chi connectivity index (χ2n) is 5.80. The number of benzene rings is 2. The summed E-state index contributed by atoms with van der Waals surface area (Å²) in [5.41, 5.74) is 2.19. The maximum absolute atomic E-state index is 11.9. The maximum atomic E-state index is 11.9. The van der Waals surface area contributed by atoms with Gasteiger partial charge >= 0.3 is 5.97 Å². The van der Waals surface area contributed by atoms with E-state index in [2.05, 4.69) is 32.6 Å². The molecule has 0 amide bonds. The summed E-state index contributed by atoms with van der Waals surface area (Å²) in [6.45, 7) is 3.46. The summed E-state index contributed by atoms with van der Waals surface area (Å²) in [4.78, 5) is 18.5. The van der Waals surface area contributed by atoms with Gasteiger partial charge in [0.15, 0.2) is 5.82 Å². The zero-order chi connectivity index (χ0) is 19.1. The number of aromatic nitrogens is 3. The Morgan fingerprint density at radius 1 is 1.11 bits per heavy atom. The van der Waals surface area contributed by atoms with Crippen LogP contribution in [0.1, 0.15) is 22.8 Å². The van der Waals surface area contributed by atoms with Crippen LogP contribution in [0.25, 0.3) is 0 Å². The van der Waals surface area contributed by atoms with Gasteiger partial charge in [-0.2, -0.15) is 10.1 Å². The number of methoxy groups -OCH3 is 1. The van der Waals surface area contributed by atoms with Crippen molar-refractivity contribution in [1.82, 2.24) is 15.2 Å². The number of rotatable bonds is 7. The van der Waals surface area contributed by atoms with Crippen LogP contribution in [0.5, 0.6) is 0 Å². The first-order valence-corrected chi connectivity index (χ1v) is 8.64. The van der Waals surface area contributed by atoms with Crippen LogP contribution in [0, 0.1) is 0 Å². The molecule has 1 heterocycles. The Labute approximate surface area is 158 Å². The van der Waals surface area contributed by atoms with Gasteiger partial charge in [0.2, 0.25) is 5.95 Å². The van der Waals surface area contributed by atoms with Gasteiger partial charge in [-0.3, -0.25) is 0 Å². The zero-order valence-corrected chi connectivity index (χ0v) is 15.3. The molecule has 0 unspecified atom stereocenters. The molecular weight excluding hydrogens is 342 g/mol. The van der Waals surface area contributed by atoms with Crippen LogP contribution in [0.2, 0.25) is 0 Å². The molecule has 2 aromatic carbocycles. The lowest BCUT2D eigenvalue weighted by Crippen LogP contribution is -2.24. The fraction of sp³-hybridized carbons (Fsp3) is 0.200. The molecule has 0 radical (unpaired) electrons. The normalized spacial score (nSPS) is 10.3. The van der Waals surface area contributed by atoms with Gasteiger partial charge in [0, 0.05) is 13.1 Å². The second kappa shape index (κ2) is 8.75. The average molecular weight is 363 g/mol. The van der Waals surface area contributed by atoms with E-state index in [0.717, 1.165) is 12.1 Å². The Hall–Kier alpha value is -3.48. The number of para-hydroxylation sites is 1. The third-order valence-electron chi connectivity index (χ3n) is 4.02. The lowest BCUT2D eigenvalue weighted by Gasteiger charge is -2.20. The van der Waals surface area contributed by atoms with Crippen molar-refractivity contribution in [3.05, 3.63) is 71.9 Å². The van der Waals surface area contributed by atoms with Gasteiger partial charge in [0.05, 0.1) is 24.6 Å². The van der Waals surface area contributed by atoms with Crippen LogP contribution < -0.4 is 10.2 Å². The Balaban J connectivity index is 1.82. The smallest absolute Gasteiger partial charge is 0.339 e. The molecule has 1 N–H and O–H groups in total. The Morgan fingerprint density at radius 3 is 2.59 bits per heavy atom. The monoisotopic (exact) mass is 363 g/mol. The van der Waals surface area contributed by atoms with E-state index in [1.807, 2.05) is 36.1 Å². The Morgan fingerprint density at radius 2 is 1.85 bits per heavy atom. The molecule has 3 aromatic rings. The summed E-state index contributed by atoms with van der Waals surface area (Å²) in [7, 11) is 1.35. The van der Waals surface area contributed by atoms with E-state index in [1.165, 1.54) is 13.3 Å². The van der Waals surface area contributed by atoms with Gasteiger partial charge in [-0.05, 0) is 24.6 Å². The van der Waals surface area contributed by atoms with Crippen molar-refractivity contribution in [2.75, 3.05) is 23.9 Å². The number of carbonyl (C=O) groups excluding carboxylic acids is 1. The van der Waals surface area contributed by atoms with Gasteiger partial charge in [-0.1, -0.05) is 42.5 Å². The molecule has 138 valence electrons. The molecule has 0 aliphatic carbocycles. The molecule has 0 saturated heterocycles. The van der Waals surface area contributed by atoms with Crippen LogP contribution in [0.3, 0.4) is 0 Å². The quantitative estimate of drug-likeness (QED) is 0.644. The minimum Gasteiger partial charge on any atom is -0.465 e. The summed E-state index contributed by atoms with van der Waals surface area (Å²) in [6.07, 6.45) is 1.52. The SMILES string of the molecule is CCN(Cc1ccccc1)c1nncc(Nc2ccccc2C(=O)OC)n1. The van der Waals surface area contributed by atoms with Crippen molar-refractivity contribution < 1.29 is 9.53 Å². The van der Waals surface area contributed by atoms with Crippen molar-refractivity contribution in [2.24, 2.45) is 0 Å². The van der Waals surface area contributed by atoms with Crippen molar-refractivity contribution in [3.63, 3.8) is 0 Å². The standard InChI is InChI=1S/C20H21N5O2/c1-3-25(14-15-9-5-4-6-10-15)20-23-18(13-21-24-20)22-17-12-8-7-11-16(17)19(26)27-2/h4-13H,3,14H2,1-2H3,(H,22,23,24). The number of carbonyl (C=O) groups is 1. The number of nitrogens with zero attached hydrogens (tertiary/aromatic N) is 4. The fourth-order valence-corrected chi connectivity index (χ4v) is 2.63. The molecule has 0 fully saturated rings. The zero-order valence-electron chi connectivity index (χ0n) is 15.3. The van der Waals surface area contributed by atoms with Crippen molar-refractivity contribution in [3.8, 4) is 0 Å². The van der Waals surface area contributed by atoms with E-state index in [-0.39, 0.29) is 0 Å². The van der Waals surface area contributed by atoms with Gasteiger partial charge in [0.25, 0.3) is 0 Å². The molecule has 27 heavy (non-hydrogen) atoms. The van der Waals surface area contributed by atoms with E-state index < -0.39 is 5.97 Å². The number of hydrogen-bond donors (Lipinski definition) is 1. The highest BCUT2D eigenvalue weighted by Crippen LogP contribution is 2.21. The Bertz CT molecular complexity index is 902. The van der Waals surface area contributed by atoms with E-state index in [4.69, 9.17) is 4.74 Å². The third kappa shape index (κ3) is 4.58. The van der Waals surface area contributed by atoms with Gasteiger partial charge in [-0.25, -0.2) is 4.79 Å². The number of ether oxygens (including phenoxy) is 1. The predicted octanol–water partition coefficient (Wildman–Crippen LogP) is 3.43. The molecule has 1 aromatic heterocycles. The van der Waals surface area contributed by atoms with E-state index in [0.29, 0.717) is 29.6 Å². The molecule has 0 aliphatic heterocycles. The highest BCUT2D eigenvalue weighted by atomic mass is 16.5. The summed E-state index contributed by atoms with van der Waals surface area (Å²) in [6, 6.07) is 17.2. The van der Waals surface area contributed by atoms with Crippen LogP contribution >= 0.6 is 0 Å². The summed E-state index contributed by atoms with van der Waals surface area (Å²) in [5.74, 6) is 0.601. The minimum atomic E-state index is -0.417. The minimum absolute atomic E-state index is 0.417. The summed E-state index contributed by atoms with van der Waals surface area (Å²) in [5, 5.41) is 11.3. The van der Waals surface area contributed by atoms with E-state index >= 15 is 0 Å². The van der Waals surface area contributed by atoms with Crippen LogP contribution in [0.15, 0.2) is 60.8 Å². The molecule has 7 nitrogen and oxygen atoms in total. The second-order valence-corrected chi connectivity index (χ2v) is 5.80. The average Bonchev–Trinajstić information content (AvgIpc) is 2.73. The lowest BCUT2D eigenvalue weighted by atomic mass is 10.2. The lowest BCUT2D eigenvalue weighted by molar-refractivity contribution is 0.0602. The van der Waals surface area contributed by atoms with Crippen LogP contribution in [-0.2, 0) is 11.3 Å². The van der Waals surface area contributed by atoms with Crippen LogP contribution in [0.4, 0.5) is 17.5 Å². The molecule has 3 rings (SSSR count). The van der Waals surface area contributed by atoms with E-state index in [1.54, 1.807) is 18.2 Å². The van der Waals surface area contributed by atoms with Gasteiger partial charge < -0.3 is 15.0 Å². The number of esters is 1. The summed E-state index contributed by atoms with van der Waals surface area (Å²) < 4.78 is 4.82. The van der Waals surface area contributed by atoms with Crippen molar-refractivity contribution in [2.45, 2.75) is 13.5 Å². The predicted molar refractivity (Wildman–Crippen MR) is 104 cm³/mol. The van der Waals surface area contributed by atoms with E-state index in [9.17, 15) is 4.79 Å². The van der Waals surface area contributed by atoms with Crippen molar-refractivity contribution in [1.29, 1.82) is 0 Å². The van der Waals surface area contributed by atoms with Gasteiger partial charge in [-0.15, -0.1) is 5.10 Å². The molecule has 0 saturated carbocycles. The topological polar surface area (TPSA) is 80.2 Å². The molecular formula is C20H21N5O2. The van der Waals surface area contributed by atoms with Crippen molar-refractivity contribution >= 4 is 23.4 Å². The Kier molecular flexibility index (Phi) is 5.94. The number of nitrogens with one attached hydrogen (secondary N) is 1. The highest BCUT2D eigenvalue weighted by Gasteiger charge is 2.14. The highest BCUT2D eigenvalue weighted by molar-refractivity contribution is 5.96. The first-order valence-electron chi connectivity index (χ1n) is 8.64. The fourth-order valence-electron chi connectivity index (χ4n) is 2.63. The third-order valence-corrected chi connectivity index (χ3v) is 4.02. The maximum Gasteiger partial charge on any atom is 0.339 e. The molecule has 0 bridgehead atoms. The first kappa shape index (κ1) is 18.3. The molecule has 0 atom stereocenters. The molecule has 0 aliphatic rings. The van der Waals surface area contributed by atoms with Crippen LogP contribution in [-0.4, -0.2) is 34.8 Å². The first-order chi connectivity index (χ1) is 13.2. The molecule has 0 spiro atoms. The largest absolute Gasteiger partial charge is 0.465 e. The summed E-state index contributed by atoms with van der Waals surface area (Å²) >= 11 is 0.